The van der Waals surface area contributed by atoms with Gasteiger partial charge < -0.3 is 15.2 Å². The highest BCUT2D eigenvalue weighted by molar-refractivity contribution is 5.35. The maximum Gasteiger partial charge on any atom is 0.123 e. The summed E-state index contributed by atoms with van der Waals surface area (Å²) in [7, 11) is 1.69. The van der Waals surface area contributed by atoms with Crippen molar-refractivity contribution in [1.29, 1.82) is 0 Å². The molecule has 0 heterocycles. The Bertz CT molecular complexity index is 324. The summed E-state index contributed by atoms with van der Waals surface area (Å²) in [5.74, 6) is 0.902. The van der Waals surface area contributed by atoms with Crippen LogP contribution in [0.4, 0.5) is 0 Å². The zero-order valence-electron chi connectivity index (χ0n) is 10.9. The number of methoxy groups -OCH3 is 1. The van der Waals surface area contributed by atoms with Gasteiger partial charge in [-0.1, -0.05) is 32.0 Å². The summed E-state index contributed by atoms with van der Waals surface area (Å²) in [4.78, 5) is 0. The van der Waals surface area contributed by atoms with Gasteiger partial charge in [-0.2, -0.15) is 0 Å². The van der Waals surface area contributed by atoms with E-state index in [1.165, 1.54) is 0 Å². The molecule has 2 atom stereocenters. The quantitative estimate of drug-likeness (QED) is 0.765. The van der Waals surface area contributed by atoms with Gasteiger partial charge in [0.2, 0.25) is 0 Å². The molecule has 0 aliphatic heterocycles. The van der Waals surface area contributed by atoms with Crippen molar-refractivity contribution >= 4 is 0 Å². The Kier molecular flexibility index (Phi) is 6.01. The van der Waals surface area contributed by atoms with Crippen molar-refractivity contribution in [2.24, 2.45) is 0 Å². The summed E-state index contributed by atoms with van der Waals surface area (Å²) in [5, 5.41) is 12.7. The zero-order chi connectivity index (χ0) is 12.7. The molecule has 0 amide bonds. The first-order chi connectivity index (χ1) is 8.26. The molecule has 0 radical (unpaired) electrons. The van der Waals surface area contributed by atoms with Crippen molar-refractivity contribution in [2.75, 3.05) is 13.7 Å². The molecule has 1 aromatic carbocycles. The normalized spacial score (nSPS) is 14.4. The van der Waals surface area contributed by atoms with E-state index < -0.39 is 0 Å². The van der Waals surface area contributed by atoms with Gasteiger partial charge in [0.25, 0.3) is 0 Å². The number of benzene rings is 1. The van der Waals surface area contributed by atoms with E-state index in [0.717, 1.165) is 24.2 Å². The number of hydrogen-bond acceptors (Lipinski definition) is 3. The molecule has 0 spiro atoms. The molecule has 2 N–H and O–H groups in total. The first-order valence-electron chi connectivity index (χ1n) is 6.26. The second-order valence-electron chi connectivity index (χ2n) is 4.16. The fraction of sp³-hybridized carbons (Fsp3) is 0.571. The number of para-hydroxylation sites is 1. The van der Waals surface area contributed by atoms with E-state index in [9.17, 15) is 5.11 Å². The summed E-state index contributed by atoms with van der Waals surface area (Å²) in [6.07, 6.45) is 1.89. The van der Waals surface area contributed by atoms with E-state index in [4.69, 9.17) is 4.74 Å². The van der Waals surface area contributed by atoms with Crippen LogP contribution in [0.1, 0.15) is 38.3 Å². The Morgan fingerprint density at radius 1 is 1.24 bits per heavy atom. The molecule has 3 nitrogen and oxygen atoms in total. The van der Waals surface area contributed by atoms with Gasteiger partial charge in [0.1, 0.15) is 5.75 Å². The summed E-state index contributed by atoms with van der Waals surface area (Å²) in [6.45, 7) is 4.37. The van der Waals surface area contributed by atoms with Gasteiger partial charge in [-0.15, -0.1) is 0 Å². The predicted octanol–water partition coefficient (Wildman–Crippen LogP) is 2.51. The second kappa shape index (κ2) is 7.30. The molecule has 0 fully saturated rings. The van der Waals surface area contributed by atoms with E-state index in [1.54, 1.807) is 7.11 Å². The SMILES string of the molecule is CCC(N[C@@H](CC)CO)c1ccccc1OC. The van der Waals surface area contributed by atoms with E-state index in [-0.39, 0.29) is 18.7 Å². The minimum atomic E-state index is 0.143. The third-order valence-electron chi connectivity index (χ3n) is 3.07. The maximum absolute atomic E-state index is 9.25. The van der Waals surface area contributed by atoms with Crippen LogP contribution < -0.4 is 10.1 Å². The Balaban J connectivity index is 2.85. The van der Waals surface area contributed by atoms with Crippen LogP contribution in [0.15, 0.2) is 24.3 Å². The molecule has 0 aromatic heterocycles. The van der Waals surface area contributed by atoms with Gasteiger partial charge in [0.15, 0.2) is 0 Å². The van der Waals surface area contributed by atoms with Gasteiger partial charge in [-0.05, 0) is 18.9 Å². The van der Waals surface area contributed by atoms with Crippen LogP contribution in [0.2, 0.25) is 0 Å². The maximum atomic E-state index is 9.25. The molecule has 17 heavy (non-hydrogen) atoms. The van der Waals surface area contributed by atoms with Crippen LogP contribution in [-0.2, 0) is 0 Å². The smallest absolute Gasteiger partial charge is 0.123 e. The van der Waals surface area contributed by atoms with E-state index in [1.807, 2.05) is 18.2 Å². The number of rotatable bonds is 7. The standard InChI is InChI=1S/C14H23NO2/c1-4-11(10-16)15-13(5-2)12-8-6-7-9-14(12)17-3/h6-9,11,13,15-16H,4-5,10H2,1-3H3/t11-,13?/m0/s1. The Labute approximate surface area is 104 Å². The topological polar surface area (TPSA) is 41.5 Å². The highest BCUT2D eigenvalue weighted by Crippen LogP contribution is 2.27. The van der Waals surface area contributed by atoms with Gasteiger partial charge in [-0.3, -0.25) is 0 Å². The molecule has 3 heteroatoms. The lowest BCUT2D eigenvalue weighted by Gasteiger charge is -2.24. The highest BCUT2D eigenvalue weighted by atomic mass is 16.5. The summed E-state index contributed by atoms with van der Waals surface area (Å²) < 4.78 is 5.37. The van der Waals surface area contributed by atoms with Gasteiger partial charge in [0.05, 0.1) is 13.7 Å². The lowest BCUT2D eigenvalue weighted by Crippen LogP contribution is -2.35. The molecule has 0 bridgehead atoms. The first kappa shape index (κ1) is 14.0. The lowest BCUT2D eigenvalue weighted by molar-refractivity contribution is 0.225. The number of hydrogen-bond donors (Lipinski definition) is 2. The summed E-state index contributed by atoms with van der Waals surface area (Å²) >= 11 is 0. The largest absolute Gasteiger partial charge is 0.496 e. The molecule has 0 saturated heterocycles. The number of aliphatic hydroxyl groups excluding tert-OH is 1. The molecule has 0 saturated carbocycles. The fourth-order valence-electron chi connectivity index (χ4n) is 1.97. The van der Waals surface area contributed by atoms with Crippen molar-refractivity contribution in [3.05, 3.63) is 29.8 Å². The average Bonchev–Trinajstić information content (AvgIpc) is 2.40. The summed E-state index contributed by atoms with van der Waals surface area (Å²) in [6, 6.07) is 8.40. The molecular formula is C14H23NO2. The van der Waals surface area contributed by atoms with Gasteiger partial charge >= 0.3 is 0 Å². The van der Waals surface area contributed by atoms with Crippen LogP contribution in [0.3, 0.4) is 0 Å². The zero-order valence-corrected chi connectivity index (χ0v) is 10.9. The molecule has 0 aliphatic carbocycles. The third-order valence-corrected chi connectivity index (χ3v) is 3.07. The molecule has 1 aromatic rings. The van der Waals surface area contributed by atoms with Crippen LogP contribution in [0.5, 0.6) is 5.75 Å². The van der Waals surface area contributed by atoms with Gasteiger partial charge in [0, 0.05) is 17.6 Å². The molecule has 1 rings (SSSR count). The number of ether oxygens (including phenoxy) is 1. The van der Waals surface area contributed by atoms with Gasteiger partial charge in [-0.25, -0.2) is 0 Å². The lowest BCUT2D eigenvalue weighted by atomic mass is 10.0. The van der Waals surface area contributed by atoms with Crippen LogP contribution in [0, 0.1) is 0 Å². The average molecular weight is 237 g/mol. The van der Waals surface area contributed by atoms with E-state index in [0.29, 0.717) is 0 Å². The van der Waals surface area contributed by atoms with Crippen LogP contribution >= 0.6 is 0 Å². The van der Waals surface area contributed by atoms with Crippen molar-refractivity contribution in [3.63, 3.8) is 0 Å². The molecule has 1 unspecified atom stereocenters. The molecule has 0 aliphatic rings. The minimum absolute atomic E-state index is 0.143. The predicted molar refractivity (Wildman–Crippen MR) is 70.3 cm³/mol. The van der Waals surface area contributed by atoms with E-state index >= 15 is 0 Å². The second-order valence-corrected chi connectivity index (χ2v) is 4.16. The summed E-state index contributed by atoms with van der Waals surface area (Å²) in [5.41, 5.74) is 1.16. The van der Waals surface area contributed by atoms with Crippen molar-refractivity contribution in [1.82, 2.24) is 5.32 Å². The molecular weight excluding hydrogens is 214 g/mol. The third kappa shape index (κ3) is 3.72. The first-order valence-corrected chi connectivity index (χ1v) is 6.26. The Hall–Kier alpha value is -1.06. The Morgan fingerprint density at radius 3 is 2.47 bits per heavy atom. The van der Waals surface area contributed by atoms with Crippen LogP contribution in [-0.4, -0.2) is 24.9 Å². The monoisotopic (exact) mass is 237 g/mol. The van der Waals surface area contributed by atoms with Crippen molar-refractivity contribution in [2.45, 2.75) is 38.8 Å². The van der Waals surface area contributed by atoms with Crippen molar-refractivity contribution < 1.29 is 9.84 Å². The highest BCUT2D eigenvalue weighted by Gasteiger charge is 2.16. The fourth-order valence-corrected chi connectivity index (χ4v) is 1.97. The molecule has 96 valence electrons. The Morgan fingerprint density at radius 2 is 1.94 bits per heavy atom. The van der Waals surface area contributed by atoms with Crippen molar-refractivity contribution in [3.8, 4) is 5.75 Å². The number of aliphatic hydroxyl groups is 1. The van der Waals surface area contributed by atoms with E-state index in [2.05, 4.69) is 25.2 Å². The number of nitrogens with one attached hydrogen (secondary N) is 1. The van der Waals surface area contributed by atoms with Crippen LogP contribution in [0.25, 0.3) is 0 Å². The minimum Gasteiger partial charge on any atom is -0.496 e.